The van der Waals surface area contributed by atoms with E-state index in [9.17, 15) is 4.79 Å². The second-order valence-electron chi connectivity index (χ2n) is 7.05. The summed E-state index contributed by atoms with van der Waals surface area (Å²) in [5, 5.41) is 4.07. The van der Waals surface area contributed by atoms with Crippen molar-refractivity contribution in [3.63, 3.8) is 0 Å². The van der Waals surface area contributed by atoms with Crippen molar-refractivity contribution in [3.8, 4) is 5.75 Å². The van der Waals surface area contributed by atoms with Gasteiger partial charge in [0.05, 0.1) is 10.0 Å². The minimum atomic E-state index is -0.542. The van der Waals surface area contributed by atoms with Crippen molar-refractivity contribution in [2.24, 2.45) is 0 Å². The Labute approximate surface area is 182 Å². The summed E-state index contributed by atoms with van der Waals surface area (Å²) in [6, 6.07) is 11.8. The number of carbonyl (C=O) groups is 1. The number of carbonyl (C=O) groups excluding carboxylic acids is 1. The Kier molecular flexibility index (Phi) is 9.00. The van der Waals surface area contributed by atoms with E-state index in [1.54, 1.807) is 24.8 Å². The summed E-state index contributed by atoms with van der Waals surface area (Å²) < 4.78 is 5.95. The van der Waals surface area contributed by atoms with E-state index in [-0.39, 0.29) is 5.91 Å². The first-order valence-electron chi connectivity index (χ1n) is 9.34. The number of rotatable bonds is 9. The van der Waals surface area contributed by atoms with Crippen molar-refractivity contribution in [1.29, 1.82) is 0 Å². The molecule has 152 valence electrons. The molecule has 1 N–H and O–H groups in total. The standard InChI is InChI=1S/C22H27Cl2NO2S/c1-14(2)18-7-5-15(3)11-21(18)27-16(4)22(26)25-9-10-28-13-17-6-8-19(23)20(24)12-17/h5-8,11-12,14,16H,9-10,13H2,1-4H3,(H,25,26)/t16-/m1/s1. The van der Waals surface area contributed by atoms with E-state index in [0.717, 1.165) is 33.9 Å². The molecule has 2 rings (SSSR count). The van der Waals surface area contributed by atoms with Crippen LogP contribution in [-0.4, -0.2) is 24.3 Å². The summed E-state index contributed by atoms with van der Waals surface area (Å²) in [5.74, 6) is 2.64. The SMILES string of the molecule is Cc1ccc(C(C)C)c(O[C@H](C)C(=O)NCCSCc2ccc(Cl)c(Cl)c2)c1. The van der Waals surface area contributed by atoms with Crippen LogP contribution in [0.2, 0.25) is 10.0 Å². The predicted molar refractivity (Wildman–Crippen MR) is 121 cm³/mol. The molecule has 0 radical (unpaired) electrons. The monoisotopic (exact) mass is 439 g/mol. The number of amides is 1. The lowest BCUT2D eigenvalue weighted by Crippen LogP contribution is -2.37. The van der Waals surface area contributed by atoms with Crippen molar-refractivity contribution in [3.05, 3.63) is 63.1 Å². The van der Waals surface area contributed by atoms with Gasteiger partial charge in [0.2, 0.25) is 0 Å². The molecule has 1 atom stereocenters. The molecule has 0 saturated heterocycles. The number of halogens is 2. The molecule has 3 nitrogen and oxygen atoms in total. The zero-order valence-corrected chi connectivity index (χ0v) is 19.0. The molecule has 0 heterocycles. The minimum absolute atomic E-state index is 0.105. The van der Waals surface area contributed by atoms with Crippen molar-refractivity contribution in [2.75, 3.05) is 12.3 Å². The van der Waals surface area contributed by atoms with Crippen molar-refractivity contribution in [1.82, 2.24) is 5.32 Å². The minimum Gasteiger partial charge on any atom is -0.481 e. The summed E-state index contributed by atoms with van der Waals surface area (Å²) in [6.45, 7) is 8.63. The summed E-state index contributed by atoms with van der Waals surface area (Å²) in [5.41, 5.74) is 3.34. The number of thioether (sulfide) groups is 1. The Morgan fingerprint density at radius 1 is 1.11 bits per heavy atom. The molecule has 0 aromatic heterocycles. The summed E-state index contributed by atoms with van der Waals surface area (Å²) >= 11 is 13.7. The number of ether oxygens (including phenoxy) is 1. The van der Waals surface area contributed by atoms with Crippen LogP contribution in [0.4, 0.5) is 0 Å². The summed E-state index contributed by atoms with van der Waals surface area (Å²) in [6.07, 6.45) is -0.542. The topological polar surface area (TPSA) is 38.3 Å². The van der Waals surface area contributed by atoms with Crippen LogP contribution in [0.25, 0.3) is 0 Å². The smallest absolute Gasteiger partial charge is 0.260 e. The quantitative estimate of drug-likeness (QED) is 0.469. The Balaban J connectivity index is 1.77. The maximum atomic E-state index is 12.4. The molecule has 2 aromatic rings. The predicted octanol–water partition coefficient (Wildman–Crippen LogP) is 6.24. The molecule has 0 aliphatic carbocycles. The van der Waals surface area contributed by atoms with Crippen LogP contribution in [0.15, 0.2) is 36.4 Å². The van der Waals surface area contributed by atoms with Gasteiger partial charge in [0.1, 0.15) is 5.75 Å². The second kappa shape index (κ2) is 11.0. The normalized spacial score (nSPS) is 12.1. The Bertz CT molecular complexity index is 811. The summed E-state index contributed by atoms with van der Waals surface area (Å²) in [4.78, 5) is 12.4. The molecule has 1 amide bonds. The molecule has 0 fully saturated rings. The van der Waals surface area contributed by atoms with Gasteiger partial charge in [-0.25, -0.2) is 0 Å². The average Bonchev–Trinajstić information content (AvgIpc) is 2.63. The van der Waals surface area contributed by atoms with Gasteiger partial charge in [-0.3, -0.25) is 4.79 Å². The maximum Gasteiger partial charge on any atom is 0.260 e. The van der Waals surface area contributed by atoms with Crippen LogP contribution in [0.3, 0.4) is 0 Å². The largest absolute Gasteiger partial charge is 0.481 e. The highest BCUT2D eigenvalue weighted by Gasteiger charge is 2.17. The Hall–Kier alpha value is -1.36. The first-order chi connectivity index (χ1) is 13.3. The van der Waals surface area contributed by atoms with Crippen LogP contribution >= 0.6 is 35.0 Å². The molecule has 0 bridgehead atoms. The number of nitrogens with one attached hydrogen (secondary N) is 1. The molecule has 0 saturated carbocycles. The maximum absolute atomic E-state index is 12.4. The highest BCUT2D eigenvalue weighted by Crippen LogP contribution is 2.28. The fraction of sp³-hybridized carbons (Fsp3) is 0.409. The fourth-order valence-corrected chi connectivity index (χ4v) is 3.80. The average molecular weight is 440 g/mol. The zero-order valence-electron chi connectivity index (χ0n) is 16.7. The third kappa shape index (κ3) is 6.91. The molecular weight excluding hydrogens is 413 g/mol. The highest BCUT2D eigenvalue weighted by atomic mass is 35.5. The molecule has 0 aliphatic rings. The highest BCUT2D eigenvalue weighted by molar-refractivity contribution is 7.98. The van der Waals surface area contributed by atoms with Crippen molar-refractivity contribution in [2.45, 2.75) is 45.5 Å². The Morgan fingerprint density at radius 3 is 2.54 bits per heavy atom. The molecule has 28 heavy (non-hydrogen) atoms. The van der Waals surface area contributed by atoms with E-state index in [4.69, 9.17) is 27.9 Å². The van der Waals surface area contributed by atoms with Crippen molar-refractivity contribution >= 4 is 40.9 Å². The van der Waals surface area contributed by atoms with Gasteiger partial charge in [-0.05, 0) is 54.7 Å². The summed E-state index contributed by atoms with van der Waals surface area (Å²) in [7, 11) is 0. The van der Waals surface area contributed by atoms with Gasteiger partial charge in [-0.1, -0.05) is 55.2 Å². The van der Waals surface area contributed by atoms with Gasteiger partial charge in [0, 0.05) is 18.1 Å². The molecular formula is C22H27Cl2NO2S. The van der Waals surface area contributed by atoms with Crippen LogP contribution in [0.5, 0.6) is 5.75 Å². The number of hydrogen-bond donors (Lipinski definition) is 1. The second-order valence-corrected chi connectivity index (χ2v) is 8.97. The Morgan fingerprint density at radius 2 is 1.86 bits per heavy atom. The van der Waals surface area contributed by atoms with Crippen LogP contribution in [-0.2, 0) is 10.5 Å². The molecule has 6 heteroatoms. The molecule has 0 aliphatic heterocycles. The van der Waals surface area contributed by atoms with Crippen molar-refractivity contribution < 1.29 is 9.53 Å². The first-order valence-corrected chi connectivity index (χ1v) is 11.3. The number of hydrogen-bond acceptors (Lipinski definition) is 3. The number of benzene rings is 2. The third-order valence-electron chi connectivity index (χ3n) is 4.26. The van der Waals surface area contributed by atoms with E-state index < -0.39 is 6.10 Å². The lowest BCUT2D eigenvalue weighted by Gasteiger charge is -2.19. The van der Waals surface area contributed by atoms with E-state index in [1.165, 1.54) is 0 Å². The first kappa shape index (κ1) is 22.9. The van der Waals surface area contributed by atoms with Crippen LogP contribution in [0.1, 0.15) is 43.4 Å². The van der Waals surface area contributed by atoms with Gasteiger partial charge in [-0.15, -0.1) is 0 Å². The van der Waals surface area contributed by atoms with E-state index in [2.05, 4.69) is 31.3 Å². The van der Waals surface area contributed by atoms with E-state index in [0.29, 0.717) is 22.5 Å². The van der Waals surface area contributed by atoms with E-state index >= 15 is 0 Å². The van der Waals surface area contributed by atoms with Gasteiger partial charge in [-0.2, -0.15) is 11.8 Å². The van der Waals surface area contributed by atoms with Gasteiger partial charge in [0.15, 0.2) is 6.10 Å². The number of aryl methyl sites for hydroxylation is 1. The molecule has 0 unspecified atom stereocenters. The van der Waals surface area contributed by atoms with Crippen LogP contribution in [0, 0.1) is 6.92 Å². The van der Waals surface area contributed by atoms with E-state index in [1.807, 2.05) is 25.1 Å². The van der Waals surface area contributed by atoms with Crippen LogP contribution < -0.4 is 10.1 Å². The van der Waals surface area contributed by atoms with Gasteiger partial charge < -0.3 is 10.1 Å². The third-order valence-corrected chi connectivity index (χ3v) is 6.03. The molecule has 2 aromatic carbocycles. The fourth-order valence-electron chi connectivity index (χ4n) is 2.67. The van der Waals surface area contributed by atoms with Gasteiger partial charge in [0.25, 0.3) is 5.91 Å². The zero-order chi connectivity index (χ0) is 20.7. The lowest BCUT2D eigenvalue weighted by molar-refractivity contribution is -0.127. The lowest BCUT2D eigenvalue weighted by atomic mass is 10.0. The molecule has 0 spiro atoms. The van der Waals surface area contributed by atoms with Gasteiger partial charge >= 0.3 is 0 Å².